The number of anilines is 2. The standard InChI is InChI=1S/C15H24N2O2/c1-3-4-5-6-7-10-17(2)14-9-8-12(15(18)19)11-13(14)16/h8-9,11H,3-7,10,16H2,1-2H3,(H,18,19). The average Bonchev–Trinajstić information content (AvgIpc) is 2.38. The van der Waals surface area contributed by atoms with Gasteiger partial charge in [0.25, 0.3) is 0 Å². The van der Waals surface area contributed by atoms with Gasteiger partial charge in [0.05, 0.1) is 16.9 Å². The van der Waals surface area contributed by atoms with Crippen LogP contribution in [0.5, 0.6) is 0 Å². The number of benzene rings is 1. The van der Waals surface area contributed by atoms with Crippen molar-refractivity contribution in [3.63, 3.8) is 0 Å². The topological polar surface area (TPSA) is 66.6 Å². The van der Waals surface area contributed by atoms with Crippen LogP contribution in [-0.4, -0.2) is 24.7 Å². The fraction of sp³-hybridized carbons (Fsp3) is 0.533. The van der Waals surface area contributed by atoms with Gasteiger partial charge >= 0.3 is 5.97 Å². The van der Waals surface area contributed by atoms with Crippen molar-refractivity contribution < 1.29 is 9.90 Å². The summed E-state index contributed by atoms with van der Waals surface area (Å²) in [6, 6.07) is 4.90. The lowest BCUT2D eigenvalue weighted by atomic mass is 10.1. The zero-order chi connectivity index (χ0) is 14.3. The van der Waals surface area contributed by atoms with Gasteiger partial charge in [0.15, 0.2) is 0 Å². The normalized spacial score (nSPS) is 10.4. The third-order valence-electron chi connectivity index (χ3n) is 3.28. The summed E-state index contributed by atoms with van der Waals surface area (Å²) in [5.74, 6) is -0.944. The van der Waals surface area contributed by atoms with Crippen molar-refractivity contribution in [3.05, 3.63) is 23.8 Å². The number of carbonyl (C=O) groups is 1. The minimum Gasteiger partial charge on any atom is -0.478 e. The molecule has 0 bridgehead atoms. The van der Waals surface area contributed by atoms with Crippen LogP contribution in [0.15, 0.2) is 18.2 Å². The number of nitrogens with two attached hydrogens (primary N) is 1. The van der Waals surface area contributed by atoms with Gasteiger partial charge in [0.1, 0.15) is 0 Å². The fourth-order valence-corrected chi connectivity index (χ4v) is 2.11. The lowest BCUT2D eigenvalue weighted by Crippen LogP contribution is -2.20. The van der Waals surface area contributed by atoms with Crippen molar-refractivity contribution in [1.29, 1.82) is 0 Å². The molecule has 0 radical (unpaired) electrons. The van der Waals surface area contributed by atoms with E-state index in [1.807, 2.05) is 7.05 Å². The Morgan fingerprint density at radius 2 is 1.95 bits per heavy atom. The second-order valence-corrected chi connectivity index (χ2v) is 4.91. The van der Waals surface area contributed by atoms with Gasteiger partial charge in [-0.25, -0.2) is 4.79 Å². The molecule has 0 atom stereocenters. The molecule has 0 aliphatic rings. The summed E-state index contributed by atoms with van der Waals surface area (Å²) in [6.45, 7) is 3.15. The van der Waals surface area contributed by atoms with E-state index in [4.69, 9.17) is 10.8 Å². The van der Waals surface area contributed by atoms with Crippen molar-refractivity contribution >= 4 is 17.3 Å². The number of hydrogen-bond acceptors (Lipinski definition) is 3. The molecule has 0 spiro atoms. The van der Waals surface area contributed by atoms with Crippen LogP contribution in [0.25, 0.3) is 0 Å². The molecule has 1 aromatic carbocycles. The van der Waals surface area contributed by atoms with Gasteiger partial charge < -0.3 is 15.7 Å². The molecule has 1 aromatic rings. The van der Waals surface area contributed by atoms with Crippen LogP contribution in [0.1, 0.15) is 49.4 Å². The highest BCUT2D eigenvalue weighted by Gasteiger charge is 2.09. The van der Waals surface area contributed by atoms with Crippen LogP contribution in [0.2, 0.25) is 0 Å². The van der Waals surface area contributed by atoms with Gasteiger partial charge in [-0.05, 0) is 24.6 Å². The van der Waals surface area contributed by atoms with E-state index in [9.17, 15) is 4.79 Å². The number of carboxylic acid groups (broad SMARTS) is 1. The molecule has 0 heterocycles. The summed E-state index contributed by atoms with van der Waals surface area (Å²) >= 11 is 0. The van der Waals surface area contributed by atoms with Crippen molar-refractivity contribution in [2.45, 2.75) is 39.0 Å². The highest BCUT2D eigenvalue weighted by Crippen LogP contribution is 2.23. The maximum atomic E-state index is 10.8. The molecular formula is C15H24N2O2. The third-order valence-corrected chi connectivity index (χ3v) is 3.28. The van der Waals surface area contributed by atoms with Gasteiger partial charge in [0, 0.05) is 13.6 Å². The summed E-state index contributed by atoms with van der Waals surface area (Å²) in [5.41, 5.74) is 7.57. The Labute approximate surface area is 115 Å². The second-order valence-electron chi connectivity index (χ2n) is 4.91. The summed E-state index contributed by atoms with van der Waals surface area (Å²) in [7, 11) is 1.99. The molecule has 4 nitrogen and oxygen atoms in total. The first-order valence-corrected chi connectivity index (χ1v) is 6.90. The van der Waals surface area contributed by atoms with Gasteiger partial charge in [-0.3, -0.25) is 0 Å². The molecule has 106 valence electrons. The number of nitrogens with zero attached hydrogens (tertiary/aromatic N) is 1. The predicted octanol–water partition coefficient (Wildman–Crippen LogP) is 3.37. The summed E-state index contributed by atoms with van der Waals surface area (Å²) < 4.78 is 0. The van der Waals surface area contributed by atoms with E-state index in [0.717, 1.165) is 18.7 Å². The SMILES string of the molecule is CCCCCCCN(C)c1ccc(C(=O)O)cc1N. The summed E-state index contributed by atoms with van der Waals surface area (Å²) in [5, 5.41) is 8.89. The van der Waals surface area contributed by atoms with Crippen molar-refractivity contribution in [3.8, 4) is 0 Å². The summed E-state index contributed by atoms with van der Waals surface area (Å²) in [6.07, 6.45) is 6.18. The van der Waals surface area contributed by atoms with E-state index in [2.05, 4.69) is 11.8 Å². The van der Waals surface area contributed by atoms with Crippen molar-refractivity contribution in [1.82, 2.24) is 0 Å². The molecule has 0 aliphatic heterocycles. The number of aromatic carboxylic acids is 1. The number of rotatable bonds is 8. The predicted molar refractivity (Wildman–Crippen MR) is 79.8 cm³/mol. The van der Waals surface area contributed by atoms with Gasteiger partial charge in [-0.1, -0.05) is 32.6 Å². The van der Waals surface area contributed by atoms with Gasteiger partial charge in [-0.15, -0.1) is 0 Å². The number of nitrogen functional groups attached to an aromatic ring is 1. The molecule has 19 heavy (non-hydrogen) atoms. The lowest BCUT2D eigenvalue weighted by Gasteiger charge is -2.21. The minimum absolute atomic E-state index is 0.234. The Kier molecular flexibility index (Phi) is 6.19. The molecule has 0 saturated carbocycles. The summed E-state index contributed by atoms with van der Waals surface area (Å²) in [4.78, 5) is 12.9. The van der Waals surface area contributed by atoms with Crippen LogP contribution < -0.4 is 10.6 Å². The first-order valence-electron chi connectivity index (χ1n) is 6.90. The molecule has 1 rings (SSSR count). The maximum Gasteiger partial charge on any atom is 0.335 e. The number of carboxylic acids is 1. The fourth-order valence-electron chi connectivity index (χ4n) is 2.11. The number of hydrogen-bond donors (Lipinski definition) is 2. The molecule has 0 unspecified atom stereocenters. The Morgan fingerprint density at radius 1 is 1.26 bits per heavy atom. The highest BCUT2D eigenvalue weighted by molar-refractivity contribution is 5.90. The zero-order valence-corrected chi connectivity index (χ0v) is 11.9. The highest BCUT2D eigenvalue weighted by atomic mass is 16.4. The van der Waals surface area contributed by atoms with Crippen LogP contribution in [-0.2, 0) is 0 Å². The van der Waals surface area contributed by atoms with Crippen LogP contribution in [0.3, 0.4) is 0 Å². The zero-order valence-electron chi connectivity index (χ0n) is 11.9. The molecule has 3 N–H and O–H groups in total. The molecule has 0 amide bonds. The maximum absolute atomic E-state index is 10.8. The van der Waals surface area contributed by atoms with Crippen LogP contribution in [0, 0.1) is 0 Å². The van der Waals surface area contributed by atoms with Gasteiger partial charge in [0.2, 0.25) is 0 Å². The van der Waals surface area contributed by atoms with E-state index in [0.29, 0.717) is 5.69 Å². The molecule has 4 heteroatoms. The number of unbranched alkanes of at least 4 members (excludes halogenated alkanes) is 4. The van der Waals surface area contributed by atoms with E-state index in [1.54, 1.807) is 12.1 Å². The quantitative estimate of drug-likeness (QED) is 0.558. The van der Waals surface area contributed by atoms with Gasteiger partial charge in [-0.2, -0.15) is 0 Å². The molecular weight excluding hydrogens is 240 g/mol. The first-order chi connectivity index (χ1) is 9.06. The molecule has 0 aromatic heterocycles. The lowest BCUT2D eigenvalue weighted by molar-refractivity contribution is 0.0697. The van der Waals surface area contributed by atoms with Crippen molar-refractivity contribution in [2.24, 2.45) is 0 Å². The monoisotopic (exact) mass is 264 g/mol. The molecule has 0 fully saturated rings. The average molecular weight is 264 g/mol. The first kappa shape index (κ1) is 15.3. The van der Waals surface area contributed by atoms with E-state index in [1.165, 1.54) is 31.7 Å². The second kappa shape index (κ2) is 7.67. The molecule has 0 saturated heterocycles. The smallest absolute Gasteiger partial charge is 0.335 e. The van der Waals surface area contributed by atoms with E-state index in [-0.39, 0.29) is 5.56 Å². The Morgan fingerprint density at radius 3 is 2.53 bits per heavy atom. The third kappa shape index (κ3) is 4.81. The van der Waals surface area contributed by atoms with E-state index >= 15 is 0 Å². The Bertz CT molecular complexity index is 419. The minimum atomic E-state index is -0.944. The van der Waals surface area contributed by atoms with E-state index < -0.39 is 5.97 Å². The Balaban J connectivity index is 2.52. The van der Waals surface area contributed by atoms with Crippen molar-refractivity contribution in [2.75, 3.05) is 24.2 Å². The molecule has 0 aliphatic carbocycles. The Hall–Kier alpha value is -1.71. The largest absolute Gasteiger partial charge is 0.478 e. The van der Waals surface area contributed by atoms with Crippen LogP contribution >= 0.6 is 0 Å². The van der Waals surface area contributed by atoms with Crippen LogP contribution in [0.4, 0.5) is 11.4 Å².